The SMILES string of the molecule is O=C(O)c1ccc(Cl)c(NS(=O)(=O)C(F)F)c1. The van der Waals surface area contributed by atoms with Crippen LogP contribution < -0.4 is 4.72 Å². The number of anilines is 1. The van der Waals surface area contributed by atoms with Gasteiger partial charge >= 0.3 is 11.7 Å². The van der Waals surface area contributed by atoms with Crippen LogP contribution in [0.2, 0.25) is 5.02 Å². The highest BCUT2D eigenvalue weighted by atomic mass is 35.5. The normalized spacial score (nSPS) is 11.5. The topological polar surface area (TPSA) is 83.5 Å². The predicted molar refractivity (Wildman–Crippen MR) is 57.0 cm³/mol. The van der Waals surface area contributed by atoms with Crippen LogP contribution in [0.5, 0.6) is 0 Å². The number of hydrogen-bond donors (Lipinski definition) is 2. The second-order valence-electron chi connectivity index (χ2n) is 2.91. The number of benzene rings is 1. The maximum Gasteiger partial charge on any atom is 0.355 e. The van der Waals surface area contributed by atoms with Crippen LogP contribution in [0.15, 0.2) is 18.2 Å². The first kappa shape index (κ1) is 13.7. The number of rotatable bonds is 4. The summed E-state index contributed by atoms with van der Waals surface area (Å²) in [7, 11) is -4.88. The average Bonchev–Trinajstić information content (AvgIpc) is 2.20. The van der Waals surface area contributed by atoms with E-state index in [9.17, 15) is 22.0 Å². The summed E-state index contributed by atoms with van der Waals surface area (Å²) >= 11 is 5.55. The van der Waals surface area contributed by atoms with Crippen LogP contribution in [-0.4, -0.2) is 25.3 Å². The van der Waals surface area contributed by atoms with Gasteiger partial charge in [-0.1, -0.05) is 11.6 Å². The summed E-state index contributed by atoms with van der Waals surface area (Å²) in [6.45, 7) is 0. The summed E-state index contributed by atoms with van der Waals surface area (Å²) in [6.07, 6.45) is 0. The van der Waals surface area contributed by atoms with Gasteiger partial charge in [0, 0.05) is 0 Å². The Hall–Kier alpha value is -1.41. The monoisotopic (exact) mass is 285 g/mol. The molecule has 0 atom stereocenters. The van der Waals surface area contributed by atoms with Crippen LogP contribution in [0.25, 0.3) is 0 Å². The van der Waals surface area contributed by atoms with Gasteiger partial charge in [-0.25, -0.2) is 13.2 Å². The van der Waals surface area contributed by atoms with Crippen molar-refractivity contribution in [1.82, 2.24) is 0 Å². The molecular weight excluding hydrogens is 280 g/mol. The summed E-state index contributed by atoms with van der Waals surface area (Å²) in [4.78, 5) is 10.6. The maximum atomic E-state index is 12.1. The van der Waals surface area contributed by atoms with Crippen molar-refractivity contribution in [3.8, 4) is 0 Å². The Morgan fingerprint density at radius 1 is 1.41 bits per heavy atom. The number of carboxylic acid groups (broad SMARTS) is 1. The fraction of sp³-hybridized carbons (Fsp3) is 0.125. The minimum atomic E-state index is -4.88. The molecule has 0 fully saturated rings. The van der Waals surface area contributed by atoms with Gasteiger partial charge in [-0.05, 0) is 18.2 Å². The first-order chi connectivity index (χ1) is 7.74. The van der Waals surface area contributed by atoms with Crippen molar-refractivity contribution in [2.75, 3.05) is 4.72 Å². The second-order valence-corrected chi connectivity index (χ2v) is 4.97. The lowest BCUT2D eigenvalue weighted by atomic mass is 10.2. The zero-order chi connectivity index (χ0) is 13.2. The van der Waals surface area contributed by atoms with Crippen LogP contribution in [0.3, 0.4) is 0 Å². The number of hydrogen-bond acceptors (Lipinski definition) is 3. The largest absolute Gasteiger partial charge is 0.478 e. The molecule has 0 aliphatic heterocycles. The Morgan fingerprint density at radius 2 is 2.00 bits per heavy atom. The Kier molecular flexibility index (Phi) is 3.89. The smallest absolute Gasteiger partial charge is 0.355 e. The minimum absolute atomic E-state index is 0.181. The molecule has 0 amide bonds. The molecule has 94 valence electrons. The Labute approximate surface area is 100 Å². The van der Waals surface area contributed by atoms with Crippen LogP contribution in [-0.2, 0) is 10.0 Å². The van der Waals surface area contributed by atoms with E-state index in [1.54, 1.807) is 0 Å². The molecule has 2 N–H and O–H groups in total. The summed E-state index contributed by atoms with van der Waals surface area (Å²) in [5.41, 5.74) is -0.687. The third-order valence-electron chi connectivity index (χ3n) is 1.70. The van der Waals surface area contributed by atoms with Gasteiger partial charge in [0.05, 0.1) is 16.3 Å². The molecule has 0 spiro atoms. The lowest BCUT2D eigenvalue weighted by molar-refractivity contribution is 0.0697. The van der Waals surface area contributed by atoms with Crippen molar-refractivity contribution in [1.29, 1.82) is 0 Å². The molecule has 0 unspecified atom stereocenters. The fourth-order valence-electron chi connectivity index (χ4n) is 0.934. The number of alkyl halides is 2. The van der Waals surface area contributed by atoms with E-state index in [2.05, 4.69) is 0 Å². The highest BCUT2D eigenvalue weighted by Crippen LogP contribution is 2.25. The zero-order valence-electron chi connectivity index (χ0n) is 8.02. The summed E-state index contributed by atoms with van der Waals surface area (Å²) in [5.74, 6) is -4.97. The van der Waals surface area contributed by atoms with Gasteiger partial charge < -0.3 is 5.11 Å². The van der Waals surface area contributed by atoms with E-state index in [-0.39, 0.29) is 10.6 Å². The molecule has 9 heteroatoms. The van der Waals surface area contributed by atoms with E-state index in [4.69, 9.17) is 16.7 Å². The fourth-order valence-corrected chi connectivity index (χ4v) is 1.72. The molecule has 0 heterocycles. The van der Waals surface area contributed by atoms with E-state index < -0.39 is 27.4 Å². The summed E-state index contributed by atoms with van der Waals surface area (Å²) < 4.78 is 47.4. The highest BCUT2D eigenvalue weighted by Gasteiger charge is 2.24. The molecule has 0 aromatic heterocycles. The molecule has 1 aromatic rings. The van der Waals surface area contributed by atoms with E-state index in [1.807, 2.05) is 0 Å². The first-order valence-electron chi connectivity index (χ1n) is 4.06. The van der Waals surface area contributed by atoms with Gasteiger partial charge in [-0.15, -0.1) is 0 Å². The van der Waals surface area contributed by atoms with Crippen molar-refractivity contribution >= 4 is 33.3 Å². The highest BCUT2D eigenvalue weighted by molar-refractivity contribution is 7.93. The van der Waals surface area contributed by atoms with Crippen molar-refractivity contribution < 1.29 is 27.1 Å². The standard InChI is InChI=1S/C8H6ClF2NO4S/c9-5-2-1-4(7(13)14)3-6(5)12-17(15,16)8(10)11/h1-3,8,12H,(H,13,14). The van der Waals surface area contributed by atoms with Gasteiger partial charge in [-0.2, -0.15) is 8.78 Å². The summed E-state index contributed by atoms with van der Waals surface area (Å²) in [6, 6.07) is 3.06. The number of halogens is 3. The van der Waals surface area contributed by atoms with Crippen LogP contribution >= 0.6 is 11.6 Å². The molecule has 1 rings (SSSR count). The number of nitrogens with one attached hydrogen (secondary N) is 1. The molecule has 0 aliphatic rings. The summed E-state index contributed by atoms with van der Waals surface area (Å²) in [5, 5.41) is 8.46. The lowest BCUT2D eigenvalue weighted by Crippen LogP contribution is -2.21. The third kappa shape index (κ3) is 3.27. The van der Waals surface area contributed by atoms with Gasteiger partial charge in [0.2, 0.25) is 0 Å². The lowest BCUT2D eigenvalue weighted by Gasteiger charge is -2.09. The van der Waals surface area contributed by atoms with E-state index in [0.717, 1.165) is 18.2 Å². The Morgan fingerprint density at radius 3 is 2.47 bits per heavy atom. The van der Waals surface area contributed by atoms with Crippen molar-refractivity contribution in [2.24, 2.45) is 0 Å². The van der Waals surface area contributed by atoms with Gasteiger partial charge in [0.15, 0.2) is 0 Å². The Balaban J connectivity index is 3.15. The van der Waals surface area contributed by atoms with E-state index in [0.29, 0.717) is 0 Å². The number of carbonyl (C=O) groups is 1. The van der Waals surface area contributed by atoms with Crippen molar-refractivity contribution in [3.05, 3.63) is 28.8 Å². The molecule has 17 heavy (non-hydrogen) atoms. The predicted octanol–water partition coefficient (Wildman–Crippen LogP) is 2.00. The molecule has 0 aliphatic carbocycles. The van der Waals surface area contributed by atoms with E-state index in [1.165, 1.54) is 4.72 Å². The first-order valence-corrected chi connectivity index (χ1v) is 5.99. The molecule has 0 bridgehead atoms. The van der Waals surface area contributed by atoms with Crippen LogP contribution in [0.1, 0.15) is 10.4 Å². The second kappa shape index (κ2) is 4.84. The number of carboxylic acids is 1. The number of aromatic carboxylic acids is 1. The quantitative estimate of drug-likeness (QED) is 0.886. The van der Waals surface area contributed by atoms with Crippen LogP contribution in [0.4, 0.5) is 14.5 Å². The third-order valence-corrected chi connectivity index (χ3v) is 3.00. The Bertz CT molecular complexity index is 546. The minimum Gasteiger partial charge on any atom is -0.478 e. The molecular formula is C8H6ClF2NO4S. The van der Waals surface area contributed by atoms with Crippen molar-refractivity contribution in [3.63, 3.8) is 0 Å². The average molecular weight is 286 g/mol. The molecule has 1 aromatic carbocycles. The maximum absolute atomic E-state index is 12.1. The van der Waals surface area contributed by atoms with Crippen molar-refractivity contribution in [2.45, 2.75) is 5.76 Å². The van der Waals surface area contributed by atoms with Gasteiger partial charge in [0.25, 0.3) is 10.0 Å². The van der Waals surface area contributed by atoms with E-state index >= 15 is 0 Å². The van der Waals surface area contributed by atoms with Crippen LogP contribution in [0, 0.1) is 0 Å². The molecule has 0 saturated heterocycles. The van der Waals surface area contributed by atoms with Gasteiger partial charge in [-0.3, -0.25) is 4.72 Å². The van der Waals surface area contributed by atoms with Gasteiger partial charge in [0.1, 0.15) is 0 Å². The zero-order valence-corrected chi connectivity index (χ0v) is 9.60. The number of sulfonamides is 1. The molecule has 0 radical (unpaired) electrons. The molecule has 0 saturated carbocycles. The molecule has 5 nitrogen and oxygen atoms in total.